The van der Waals surface area contributed by atoms with Crippen molar-refractivity contribution in [1.82, 2.24) is 19.4 Å². The normalized spacial score (nSPS) is 17.6. The molecule has 3 aromatic rings. The predicted octanol–water partition coefficient (Wildman–Crippen LogP) is 3.79. The molecule has 1 saturated heterocycles. The maximum Gasteiger partial charge on any atom is 0.334 e. The maximum absolute atomic E-state index is 14.1. The van der Waals surface area contributed by atoms with Crippen LogP contribution in [-0.4, -0.2) is 69.6 Å². The number of rotatable bonds is 6. The lowest BCUT2D eigenvalue weighted by atomic mass is 9.92. The first-order valence-corrected chi connectivity index (χ1v) is 13.4. The van der Waals surface area contributed by atoms with E-state index in [9.17, 15) is 9.59 Å². The van der Waals surface area contributed by atoms with Gasteiger partial charge in [0.05, 0.1) is 17.5 Å². The van der Waals surface area contributed by atoms with Crippen molar-refractivity contribution in [3.63, 3.8) is 0 Å². The summed E-state index contributed by atoms with van der Waals surface area (Å²) in [5.41, 5.74) is 7.66. The molecule has 2 N–H and O–H groups in total. The molecule has 2 amide bonds. The molecule has 0 aliphatic carbocycles. The first kappa shape index (κ1) is 28.0. The quantitative estimate of drug-likeness (QED) is 0.514. The Hall–Kier alpha value is -3.97. The van der Waals surface area contributed by atoms with Crippen LogP contribution >= 0.6 is 0 Å². The van der Waals surface area contributed by atoms with E-state index < -0.39 is 5.54 Å². The molecule has 4 rings (SSSR count). The van der Waals surface area contributed by atoms with E-state index in [0.717, 1.165) is 29.5 Å². The molecule has 1 fully saturated rings. The second kappa shape index (κ2) is 11.4. The van der Waals surface area contributed by atoms with Crippen LogP contribution in [0.1, 0.15) is 46.1 Å². The molecule has 206 valence electrons. The molecular weight excluding hydrogens is 492 g/mol. The summed E-state index contributed by atoms with van der Waals surface area (Å²) in [7, 11) is 1.96. The third-order valence-corrected chi connectivity index (χ3v) is 7.46. The average Bonchev–Trinajstić information content (AvgIpc) is 3.33. The molecule has 0 spiro atoms. The summed E-state index contributed by atoms with van der Waals surface area (Å²) in [5.74, 6) is 0.863. The van der Waals surface area contributed by atoms with E-state index in [0.29, 0.717) is 37.0 Å². The average molecular weight is 531 g/mol. The van der Waals surface area contributed by atoms with Crippen LogP contribution in [0.4, 0.5) is 16.3 Å². The van der Waals surface area contributed by atoms with Crippen LogP contribution in [-0.2, 0) is 11.2 Å². The summed E-state index contributed by atoms with van der Waals surface area (Å²) in [6, 6.07) is 11.5. The zero-order valence-electron chi connectivity index (χ0n) is 23.5. The van der Waals surface area contributed by atoms with Crippen molar-refractivity contribution in [2.45, 2.75) is 58.5 Å². The van der Waals surface area contributed by atoms with Crippen LogP contribution in [0.15, 0.2) is 42.9 Å². The highest BCUT2D eigenvalue weighted by molar-refractivity contribution is 6.02. The van der Waals surface area contributed by atoms with Crippen molar-refractivity contribution in [3.05, 3.63) is 48.4 Å². The SMILES string of the molecule is C[C@@H]1CCN(C(=O)CC#N)C[C@@H]1N(C)c1ncnc2c1ccn2C(=O)N(c1cccc(CCN)c1)C(C)(C)C. The lowest BCUT2D eigenvalue weighted by Gasteiger charge is -2.42. The number of nitrogens with two attached hydrogens (primary N) is 1. The summed E-state index contributed by atoms with van der Waals surface area (Å²) in [6.07, 6.45) is 4.67. The third-order valence-electron chi connectivity index (χ3n) is 7.46. The topological polar surface area (TPSA) is 124 Å². The molecule has 0 unspecified atom stereocenters. The van der Waals surface area contributed by atoms with Crippen molar-refractivity contribution in [1.29, 1.82) is 5.26 Å². The minimum atomic E-state index is -0.501. The Balaban J connectivity index is 1.69. The van der Waals surface area contributed by atoms with Crippen molar-refractivity contribution in [3.8, 4) is 6.07 Å². The van der Waals surface area contributed by atoms with Gasteiger partial charge in [-0.3, -0.25) is 14.3 Å². The van der Waals surface area contributed by atoms with Crippen molar-refractivity contribution < 1.29 is 9.59 Å². The van der Waals surface area contributed by atoms with Gasteiger partial charge in [-0.15, -0.1) is 0 Å². The summed E-state index contributed by atoms with van der Waals surface area (Å²) in [5, 5.41) is 9.73. The number of nitrogens with zero attached hydrogens (tertiary/aromatic N) is 7. The van der Waals surface area contributed by atoms with Gasteiger partial charge in [0.2, 0.25) is 5.91 Å². The number of benzene rings is 1. The van der Waals surface area contributed by atoms with E-state index in [-0.39, 0.29) is 24.4 Å². The fourth-order valence-corrected chi connectivity index (χ4v) is 5.40. The summed E-state index contributed by atoms with van der Waals surface area (Å²) in [6.45, 7) is 9.87. The Kier molecular flexibility index (Phi) is 8.21. The van der Waals surface area contributed by atoms with Gasteiger partial charge in [0.15, 0.2) is 5.65 Å². The number of carbonyl (C=O) groups excluding carboxylic acids is 2. The minimum Gasteiger partial charge on any atom is -0.354 e. The van der Waals surface area contributed by atoms with Gasteiger partial charge in [-0.05, 0) is 69.8 Å². The highest BCUT2D eigenvalue weighted by atomic mass is 16.2. The second-order valence-electron chi connectivity index (χ2n) is 11.2. The largest absolute Gasteiger partial charge is 0.354 e. The van der Waals surface area contributed by atoms with Crippen LogP contribution in [0.25, 0.3) is 11.0 Å². The smallest absolute Gasteiger partial charge is 0.334 e. The Morgan fingerprint density at radius 2 is 2.00 bits per heavy atom. The number of nitriles is 1. The molecule has 39 heavy (non-hydrogen) atoms. The highest BCUT2D eigenvalue weighted by Crippen LogP contribution is 2.32. The van der Waals surface area contributed by atoms with Crippen LogP contribution in [0.2, 0.25) is 0 Å². The van der Waals surface area contributed by atoms with E-state index in [4.69, 9.17) is 11.0 Å². The van der Waals surface area contributed by atoms with E-state index >= 15 is 0 Å². The standard InChI is InChI=1S/C29H38N8O2/c1-20-11-15-35(25(38)10-14-31)18-24(20)34(5)26-23-12-16-36(27(23)33-19-32-26)28(39)37(29(2,3)4)22-8-6-7-21(17-22)9-13-30/h6-8,12,16-17,19-20,24H,9-11,13,15,18,30H2,1-5H3/t20-,24+/m1/s1. The minimum absolute atomic E-state index is 0.00917. The van der Waals surface area contributed by atoms with E-state index in [1.807, 2.05) is 64.2 Å². The first-order valence-electron chi connectivity index (χ1n) is 13.4. The molecule has 3 heterocycles. The number of likely N-dealkylation sites (tertiary alicyclic amines) is 1. The number of hydrogen-bond acceptors (Lipinski definition) is 7. The molecule has 1 aliphatic rings. The molecule has 0 radical (unpaired) electrons. The first-order chi connectivity index (χ1) is 18.6. The fraction of sp³-hybridized carbons (Fsp3) is 0.483. The molecular formula is C29H38N8O2. The molecule has 2 aromatic heterocycles. The van der Waals surface area contributed by atoms with Crippen molar-refractivity contribution in [2.24, 2.45) is 11.7 Å². The van der Waals surface area contributed by atoms with Crippen LogP contribution in [0.5, 0.6) is 0 Å². The molecule has 0 saturated carbocycles. The zero-order valence-corrected chi connectivity index (χ0v) is 23.5. The molecule has 0 bridgehead atoms. The fourth-order valence-electron chi connectivity index (χ4n) is 5.40. The molecule has 10 nitrogen and oxygen atoms in total. The van der Waals surface area contributed by atoms with Gasteiger partial charge in [-0.25, -0.2) is 14.8 Å². The third kappa shape index (κ3) is 5.73. The van der Waals surface area contributed by atoms with E-state index in [1.165, 1.54) is 6.33 Å². The van der Waals surface area contributed by atoms with Gasteiger partial charge < -0.3 is 15.5 Å². The van der Waals surface area contributed by atoms with Crippen molar-refractivity contribution in [2.75, 3.05) is 36.5 Å². The molecule has 1 aromatic carbocycles. The van der Waals surface area contributed by atoms with Gasteiger partial charge in [0, 0.05) is 37.6 Å². The summed E-state index contributed by atoms with van der Waals surface area (Å²) >= 11 is 0. The Morgan fingerprint density at radius 3 is 2.69 bits per heavy atom. The lowest BCUT2D eigenvalue weighted by molar-refractivity contribution is -0.131. The molecule has 10 heteroatoms. The number of amides is 2. The van der Waals surface area contributed by atoms with E-state index in [2.05, 4.69) is 21.8 Å². The molecule has 2 atom stereocenters. The zero-order chi connectivity index (χ0) is 28.3. The van der Waals surface area contributed by atoms with Gasteiger partial charge >= 0.3 is 6.03 Å². The summed E-state index contributed by atoms with van der Waals surface area (Å²) < 4.78 is 1.57. The van der Waals surface area contributed by atoms with Gasteiger partial charge in [-0.2, -0.15) is 5.26 Å². The Labute approximate surface area is 230 Å². The number of fused-ring (bicyclic) bond motifs is 1. The van der Waals surface area contributed by atoms with Crippen molar-refractivity contribution >= 4 is 34.5 Å². The number of likely N-dealkylation sites (N-methyl/N-ethyl adjacent to an activating group) is 1. The number of aromatic nitrogens is 3. The number of hydrogen-bond donors (Lipinski definition) is 1. The monoisotopic (exact) mass is 530 g/mol. The van der Waals surface area contributed by atoms with E-state index in [1.54, 1.807) is 20.6 Å². The van der Waals surface area contributed by atoms with Gasteiger partial charge in [0.25, 0.3) is 0 Å². The number of piperidine rings is 1. The van der Waals surface area contributed by atoms with Crippen LogP contribution in [0, 0.1) is 17.2 Å². The maximum atomic E-state index is 14.1. The van der Waals surface area contributed by atoms with Crippen LogP contribution < -0.4 is 15.5 Å². The Morgan fingerprint density at radius 1 is 1.23 bits per heavy atom. The predicted molar refractivity (Wildman–Crippen MR) is 153 cm³/mol. The second-order valence-corrected chi connectivity index (χ2v) is 11.2. The number of anilines is 2. The Bertz CT molecular complexity index is 1390. The van der Waals surface area contributed by atoms with Gasteiger partial charge in [-0.1, -0.05) is 19.1 Å². The highest BCUT2D eigenvalue weighted by Gasteiger charge is 2.34. The van der Waals surface area contributed by atoms with Crippen LogP contribution in [0.3, 0.4) is 0 Å². The summed E-state index contributed by atoms with van der Waals surface area (Å²) in [4.78, 5) is 41.2. The van der Waals surface area contributed by atoms with Gasteiger partial charge in [0.1, 0.15) is 18.6 Å². The lowest BCUT2D eigenvalue weighted by Crippen LogP contribution is -2.52. The number of carbonyl (C=O) groups is 2. The molecule has 1 aliphatic heterocycles.